The van der Waals surface area contributed by atoms with Crippen molar-refractivity contribution >= 4 is 37.4 Å². The van der Waals surface area contributed by atoms with Crippen LogP contribution in [0, 0.1) is 12.3 Å². The highest BCUT2D eigenvalue weighted by Crippen LogP contribution is 2.36. The highest BCUT2D eigenvalue weighted by Gasteiger charge is 2.20. The van der Waals surface area contributed by atoms with Gasteiger partial charge in [-0.05, 0) is 30.7 Å². The monoisotopic (exact) mass is 332 g/mol. The summed E-state index contributed by atoms with van der Waals surface area (Å²) in [4.78, 5) is 7.38. The molecule has 22 heavy (non-hydrogen) atoms. The number of aryl methyl sites for hydroxylation is 1. The van der Waals surface area contributed by atoms with Crippen molar-refractivity contribution in [1.29, 1.82) is 5.39 Å². The Morgan fingerprint density at radius 2 is 1.86 bits per heavy atom. The minimum atomic E-state index is -4.32. The Kier molecular flexibility index (Phi) is 3.41. The quantitative estimate of drug-likeness (QED) is 0.565. The van der Waals surface area contributed by atoms with Gasteiger partial charge in [-0.3, -0.25) is 4.55 Å². The normalized spacial score (nSPS) is 11.5. The fourth-order valence-corrected chi connectivity index (χ4v) is 4.50. The SMILES string of the molecule is Cc1ccc2nc(-c3ccc([N+]#N)cc3)sc2c1S(=O)(=O)O. The molecule has 3 aromatic rings. The minimum Gasteiger partial charge on any atom is -0.282 e. The van der Waals surface area contributed by atoms with Crippen molar-refractivity contribution in [2.24, 2.45) is 0 Å². The van der Waals surface area contributed by atoms with Crippen LogP contribution in [0.3, 0.4) is 0 Å². The van der Waals surface area contributed by atoms with Crippen molar-refractivity contribution in [2.45, 2.75) is 11.8 Å². The molecule has 0 atom stereocenters. The number of diazo groups is 1. The molecule has 110 valence electrons. The summed E-state index contributed by atoms with van der Waals surface area (Å²) in [5, 5.41) is 9.31. The van der Waals surface area contributed by atoms with E-state index in [1.54, 1.807) is 43.3 Å². The predicted octanol–water partition coefficient (Wildman–Crippen LogP) is 4.00. The first-order valence-electron chi connectivity index (χ1n) is 6.23. The average molecular weight is 332 g/mol. The second-order valence-electron chi connectivity index (χ2n) is 4.70. The van der Waals surface area contributed by atoms with Crippen LogP contribution in [0.1, 0.15) is 5.56 Å². The molecule has 2 aromatic carbocycles. The van der Waals surface area contributed by atoms with Gasteiger partial charge in [0.15, 0.2) is 4.98 Å². The van der Waals surface area contributed by atoms with Gasteiger partial charge in [0.2, 0.25) is 5.39 Å². The van der Waals surface area contributed by atoms with Crippen molar-refractivity contribution in [1.82, 2.24) is 4.98 Å². The number of aromatic nitrogens is 1. The van der Waals surface area contributed by atoms with Gasteiger partial charge in [-0.1, -0.05) is 6.07 Å². The van der Waals surface area contributed by atoms with E-state index in [4.69, 9.17) is 5.39 Å². The maximum Gasteiger partial charge on any atom is 0.385 e. The van der Waals surface area contributed by atoms with E-state index in [1.165, 1.54) is 11.3 Å². The molecule has 0 saturated heterocycles. The fraction of sp³-hybridized carbons (Fsp3) is 0.0714. The maximum absolute atomic E-state index is 11.6. The number of fused-ring (bicyclic) bond motifs is 1. The highest BCUT2D eigenvalue weighted by molar-refractivity contribution is 7.86. The molecular formula is C14H10N3O3S2+. The first kappa shape index (κ1) is 14.6. The smallest absolute Gasteiger partial charge is 0.282 e. The predicted molar refractivity (Wildman–Crippen MR) is 84.4 cm³/mol. The van der Waals surface area contributed by atoms with Crippen molar-refractivity contribution in [3.8, 4) is 10.6 Å². The van der Waals surface area contributed by atoms with Crippen LogP contribution in [-0.2, 0) is 10.1 Å². The summed E-state index contributed by atoms with van der Waals surface area (Å²) in [6.07, 6.45) is 0. The van der Waals surface area contributed by atoms with E-state index in [1.807, 2.05) is 0 Å². The van der Waals surface area contributed by atoms with Crippen LogP contribution >= 0.6 is 11.3 Å². The van der Waals surface area contributed by atoms with E-state index in [0.29, 0.717) is 26.5 Å². The number of hydrogen-bond donors (Lipinski definition) is 1. The molecule has 1 aromatic heterocycles. The van der Waals surface area contributed by atoms with Gasteiger partial charge >= 0.3 is 5.69 Å². The lowest BCUT2D eigenvalue weighted by Gasteiger charge is -2.02. The topological polar surface area (TPSA) is 95.4 Å². The summed E-state index contributed by atoms with van der Waals surface area (Å²) in [7, 11) is -4.32. The van der Waals surface area contributed by atoms with Crippen LogP contribution in [0.2, 0.25) is 0 Å². The molecule has 0 radical (unpaired) electrons. The van der Waals surface area contributed by atoms with Crippen LogP contribution in [0.15, 0.2) is 41.3 Å². The lowest BCUT2D eigenvalue weighted by molar-refractivity contribution is 0.484. The molecule has 0 fully saturated rings. The molecule has 0 amide bonds. The van der Waals surface area contributed by atoms with Gasteiger partial charge in [0.1, 0.15) is 9.90 Å². The van der Waals surface area contributed by atoms with Crippen molar-refractivity contribution in [3.05, 3.63) is 46.9 Å². The largest absolute Gasteiger partial charge is 0.385 e. The molecule has 6 nitrogen and oxygen atoms in total. The molecule has 8 heteroatoms. The molecule has 3 rings (SSSR count). The van der Waals surface area contributed by atoms with E-state index in [0.717, 1.165) is 5.56 Å². The first-order valence-corrected chi connectivity index (χ1v) is 8.49. The third-order valence-electron chi connectivity index (χ3n) is 3.20. The van der Waals surface area contributed by atoms with Crippen LogP contribution < -0.4 is 0 Å². The Labute approximate surface area is 130 Å². The second kappa shape index (κ2) is 5.14. The van der Waals surface area contributed by atoms with Crippen LogP contribution in [-0.4, -0.2) is 18.0 Å². The fourth-order valence-electron chi connectivity index (χ4n) is 2.18. The van der Waals surface area contributed by atoms with Gasteiger partial charge in [0.25, 0.3) is 10.1 Å². The molecule has 1 N–H and O–H groups in total. The van der Waals surface area contributed by atoms with Gasteiger partial charge in [-0.2, -0.15) is 8.42 Å². The average Bonchev–Trinajstić information content (AvgIpc) is 2.89. The summed E-state index contributed by atoms with van der Waals surface area (Å²) in [6.45, 7) is 1.62. The maximum atomic E-state index is 11.6. The van der Waals surface area contributed by atoms with E-state index in [-0.39, 0.29) is 4.90 Å². The molecule has 0 unspecified atom stereocenters. The molecular weight excluding hydrogens is 322 g/mol. The van der Waals surface area contributed by atoms with Crippen LogP contribution in [0.5, 0.6) is 0 Å². The summed E-state index contributed by atoms with van der Waals surface area (Å²) < 4.78 is 33.0. The van der Waals surface area contributed by atoms with E-state index in [9.17, 15) is 13.0 Å². The zero-order valence-electron chi connectivity index (χ0n) is 11.4. The van der Waals surface area contributed by atoms with Crippen LogP contribution in [0.4, 0.5) is 5.69 Å². The first-order chi connectivity index (χ1) is 10.4. The Balaban J connectivity index is 2.24. The lowest BCUT2D eigenvalue weighted by atomic mass is 10.2. The molecule has 0 aliphatic rings. The molecule has 0 spiro atoms. The second-order valence-corrected chi connectivity index (χ2v) is 7.06. The summed E-state index contributed by atoms with van der Waals surface area (Å²) in [6, 6.07) is 10.0. The minimum absolute atomic E-state index is 0.101. The van der Waals surface area contributed by atoms with Gasteiger partial charge in [0.05, 0.1) is 10.2 Å². The van der Waals surface area contributed by atoms with Crippen molar-refractivity contribution < 1.29 is 13.0 Å². The Morgan fingerprint density at radius 1 is 1.18 bits per heavy atom. The summed E-state index contributed by atoms with van der Waals surface area (Å²) in [5.41, 5.74) is 2.17. The van der Waals surface area contributed by atoms with E-state index in [2.05, 4.69) is 9.96 Å². The third kappa shape index (κ3) is 2.46. The Hall–Kier alpha value is -2.34. The molecule has 0 aliphatic heterocycles. The standard InChI is InChI=1S/C14H9N3O3S2/c1-8-2-7-11-12(13(8)22(18,19)20)21-14(16-11)9-3-5-10(17-15)6-4-9/h2-7H,1H3/p+1. The van der Waals surface area contributed by atoms with Crippen molar-refractivity contribution in [2.75, 3.05) is 0 Å². The number of rotatable bonds is 2. The molecule has 0 saturated carbocycles. The molecule has 1 heterocycles. The zero-order chi connectivity index (χ0) is 15.9. The number of thiazole rings is 1. The number of benzene rings is 2. The summed E-state index contributed by atoms with van der Waals surface area (Å²) >= 11 is 1.19. The Morgan fingerprint density at radius 3 is 2.45 bits per heavy atom. The molecule has 0 bridgehead atoms. The molecule has 0 aliphatic carbocycles. The van der Waals surface area contributed by atoms with Gasteiger partial charge in [0, 0.05) is 17.7 Å². The lowest BCUT2D eigenvalue weighted by Crippen LogP contribution is -2.00. The zero-order valence-corrected chi connectivity index (χ0v) is 13.0. The Bertz CT molecular complexity index is 1020. The van der Waals surface area contributed by atoms with E-state index < -0.39 is 10.1 Å². The summed E-state index contributed by atoms with van der Waals surface area (Å²) in [5.74, 6) is 0. The highest BCUT2D eigenvalue weighted by atomic mass is 32.2. The number of nitrogens with zero attached hydrogens (tertiary/aromatic N) is 3. The number of hydrogen-bond acceptors (Lipinski definition) is 5. The van der Waals surface area contributed by atoms with Crippen LogP contribution in [0.25, 0.3) is 25.8 Å². The van der Waals surface area contributed by atoms with Gasteiger partial charge in [-0.25, -0.2) is 4.98 Å². The van der Waals surface area contributed by atoms with Gasteiger partial charge in [-0.15, -0.1) is 11.3 Å². The van der Waals surface area contributed by atoms with Gasteiger partial charge < -0.3 is 0 Å². The van der Waals surface area contributed by atoms with E-state index >= 15 is 0 Å². The van der Waals surface area contributed by atoms with Crippen molar-refractivity contribution in [3.63, 3.8) is 0 Å². The third-order valence-corrected chi connectivity index (χ3v) is 5.51.